The van der Waals surface area contributed by atoms with E-state index in [1.807, 2.05) is 12.1 Å². The van der Waals surface area contributed by atoms with Gasteiger partial charge in [0, 0.05) is 9.92 Å². The van der Waals surface area contributed by atoms with Gasteiger partial charge in [0.2, 0.25) is 0 Å². The van der Waals surface area contributed by atoms with Crippen molar-refractivity contribution in [1.29, 1.82) is 0 Å². The zero-order valence-electron chi connectivity index (χ0n) is 8.50. The molecular weight excluding hydrogens is 260 g/mol. The van der Waals surface area contributed by atoms with Crippen LogP contribution in [0.5, 0.6) is 0 Å². The van der Waals surface area contributed by atoms with E-state index in [1.54, 1.807) is 12.1 Å². The zero-order valence-corrected chi connectivity index (χ0v) is 10.1. The van der Waals surface area contributed by atoms with Gasteiger partial charge in [-0.1, -0.05) is 29.4 Å². The van der Waals surface area contributed by atoms with Gasteiger partial charge in [0.15, 0.2) is 5.69 Å². The predicted molar refractivity (Wildman–Crippen MR) is 64.6 cm³/mol. The van der Waals surface area contributed by atoms with Crippen molar-refractivity contribution >= 4 is 29.3 Å². The molecule has 0 fully saturated rings. The molecule has 0 spiro atoms. The van der Waals surface area contributed by atoms with Crippen molar-refractivity contribution in [3.8, 4) is 0 Å². The van der Waals surface area contributed by atoms with Gasteiger partial charge in [-0.25, -0.2) is 14.8 Å². The molecule has 86 valence electrons. The second-order valence-electron chi connectivity index (χ2n) is 3.10. The summed E-state index contributed by atoms with van der Waals surface area (Å²) in [5, 5.41) is 9.94. The van der Waals surface area contributed by atoms with Crippen molar-refractivity contribution in [3.05, 3.63) is 47.4 Å². The Bertz CT molecular complexity index is 545. The maximum atomic E-state index is 10.6. The van der Waals surface area contributed by atoms with Crippen LogP contribution in [-0.2, 0) is 0 Å². The van der Waals surface area contributed by atoms with Crippen LogP contribution in [-0.4, -0.2) is 21.0 Å². The number of aromatic nitrogens is 2. The molecule has 0 saturated heterocycles. The molecule has 1 N–H and O–H groups in total. The van der Waals surface area contributed by atoms with Gasteiger partial charge in [-0.3, -0.25) is 0 Å². The van der Waals surface area contributed by atoms with Crippen LogP contribution in [0.25, 0.3) is 0 Å². The average molecular weight is 267 g/mol. The van der Waals surface area contributed by atoms with E-state index in [0.29, 0.717) is 10.0 Å². The molecule has 6 heteroatoms. The quantitative estimate of drug-likeness (QED) is 0.925. The maximum absolute atomic E-state index is 10.6. The van der Waals surface area contributed by atoms with Crippen molar-refractivity contribution in [1.82, 2.24) is 9.97 Å². The second-order valence-corrected chi connectivity index (χ2v) is 4.63. The minimum Gasteiger partial charge on any atom is -0.476 e. The van der Waals surface area contributed by atoms with E-state index in [-0.39, 0.29) is 5.69 Å². The molecule has 2 aromatic rings. The van der Waals surface area contributed by atoms with Crippen molar-refractivity contribution in [3.63, 3.8) is 0 Å². The van der Waals surface area contributed by atoms with E-state index in [4.69, 9.17) is 16.7 Å². The highest BCUT2D eigenvalue weighted by molar-refractivity contribution is 7.99. The van der Waals surface area contributed by atoms with Crippen molar-refractivity contribution in [2.24, 2.45) is 0 Å². The van der Waals surface area contributed by atoms with Gasteiger partial charge in [-0.15, -0.1) is 0 Å². The molecule has 0 unspecified atom stereocenters. The first-order valence-corrected chi connectivity index (χ1v) is 5.83. The second kappa shape index (κ2) is 5.16. The summed E-state index contributed by atoms with van der Waals surface area (Å²) in [6, 6.07) is 7.32. The van der Waals surface area contributed by atoms with E-state index in [2.05, 4.69) is 9.97 Å². The summed E-state index contributed by atoms with van der Waals surface area (Å²) in [7, 11) is 0. The number of carboxylic acids is 1. The highest BCUT2D eigenvalue weighted by Gasteiger charge is 2.05. The molecule has 0 aliphatic rings. The number of benzene rings is 1. The van der Waals surface area contributed by atoms with Crippen molar-refractivity contribution in [2.75, 3.05) is 0 Å². The number of carbonyl (C=O) groups is 1. The number of hydrogen-bond donors (Lipinski definition) is 1. The average Bonchev–Trinajstić information content (AvgIpc) is 2.29. The van der Waals surface area contributed by atoms with Crippen LogP contribution in [0.1, 0.15) is 10.5 Å². The highest BCUT2D eigenvalue weighted by Crippen LogP contribution is 2.27. The molecule has 0 aliphatic carbocycles. The van der Waals surface area contributed by atoms with Gasteiger partial charge >= 0.3 is 5.97 Å². The van der Waals surface area contributed by atoms with Crippen molar-refractivity contribution in [2.45, 2.75) is 9.92 Å². The Labute approximate surface area is 107 Å². The Balaban J connectivity index is 2.16. The van der Waals surface area contributed by atoms with Crippen LogP contribution in [0.3, 0.4) is 0 Å². The monoisotopic (exact) mass is 266 g/mol. The Morgan fingerprint density at radius 2 is 2.12 bits per heavy atom. The summed E-state index contributed by atoms with van der Waals surface area (Å²) >= 11 is 7.22. The fourth-order valence-electron chi connectivity index (χ4n) is 1.13. The first-order valence-electron chi connectivity index (χ1n) is 4.64. The summed E-state index contributed by atoms with van der Waals surface area (Å²) in [4.78, 5) is 19.3. The lowest BCUT2D eigenvalue weighted by molar-refractivity contribution is 0.0689. The van der Waals surface area contributed by atoms with E-state index in [9.17, 15) is 4.79 Å². The number of rotatable bonds is 3. The summed E-state index contributed by atoms with van der Waals surface area (Å²) in [6.07, 6.45) is 2.66. The molecule has 4 nitrogen and oxygen atoms in total. The molecular formula is C11H7ClN2O2S. The van der Waals surface area contributed by atoms with Gasteiger partial charge in [0.1, 0.15) is 5.03 Å². The van der Waals surface area contributed by atoms with Crippen LogP contribution in [0.2, 0.25) is 5.02 Å². The van der Waals surface area contributed by atoms with Gasteiger partial charge in [0.05, 0.1) is 12.4 Å². The molecule has 0 amide bonds. The van der Waals surface area contributed by atoms with Gasteiger partial charge in [-0.2, -0.15) is 0 Å². The molecule has 0 radical (unpaired) electrons. The summed E-state index contributed by atoms with van der Waals surface area (Å²) in [5.41, 5.74) is -0.0690. The normalized spacial score (nSPS) is 10.2. The molecule has 2 rings (SSSR count). The Morgan fingerprint density at radius 3 is 2.71 bits per heavy atom. The smallest absolute Gasteiger partial charge is 0.356 e. The zero-order chi connectivity index (χ0) is 12.3. The lowest BCUT2D eigenvalue weighted by Crippen LogP contribution is -2.00. The van der Waals surface area contributed by atoms with Crippen LogP contribution in [0, 0.1) is 0 Å². The molecule has 1 aromatic heterocycles. The summed E-state index contributed by atoms with van der Waals surface area (Å²) < 4.78 is 0. The first kappa shape index (κ1) is 11.9. The standard InChI is InChI=1S/C11H7ClN2O2S/c12-7-2-1-3-8(4-7)17-10-6-13-9(5-14-10)11(15)16/h1-6H,(H,15,16). The van der Waals surface area contributed by atoms with Crippen LogP contribution in [0.4, 0.5) is 0 Å². The lowest BCUT2D eigenvalue weighted by atomic mass is 10.4. The Hall–Kier alpha value is -1.59. The van der Waals surface area contributed by atoms with Crippen molar-refractivity contribution < 1.29 is 9.90 Å². The topological polar surface area (TPSA) is 63.1 Å². The minimum atomic E-state index is -1.09. The van der Waals surface area contributed by atoms with Gasteiger partial charge < -0.3 is 5.11 Å². The molecule has 1 aromatic carbocycles. The number of hydrogen-bond acceptors (Lipinski definition) is 4. The molecule has 0 saturated carbocycles. The summed E-state index contributed by atoms with van der Waals surface area (Å²) in [6.45, 7) is 0. The predicted octanol–water partition coefficient (Wildman–Crippen LogP) is 2.98. The number of halogens is 1. The molecule has 1 heterocycles. The minimum absolute atomic E-state index is 0.0690. The Kier molecular flexibility index (Phi) is 3.61. The van der Waals surface area contributed by atoms with Gasteiger partial charge in [0.25, 0.3) is 0 Å². The highest BCUT2D eigenvalue weighted by atomic mass is 35.5. The van der Waals surface area contributed by atoms with Crippen LogP contribution >= 0.6 is 23.4 Å². The molecule has 17 heavy (non-hydrogen) atoms. The molecule has 0 aliphatic heterocycles. The fraction of sp³-hybridized carbons (Fsp3) is 0. The third-order valence-electron chi connectivity index (χ3n) is 1.87. The number of carboxylic acid groups (broad SMARTS) is 1. The van der Waals surface area contributed by atoms with Crippen LogP contribution < -0.4 is 0 Å². The van der Waals surface area contributed by atoms with E-state index in [0.717, 1.165) is 4.90 Å². The largest absolute Gasteiger partial charge is 0.476 e. The molecule has 0 atom stereocenters. The van der Waals surface area contributed by atoms with Crippen LogP contribution in [0.15, 0.2) is 46.6 Å². The van der Waals surface area contributed by atoms with E-state index < -0.39 is 5.97 Å². The maximum Gasteiger partial charge on any atom is 0.356 e. The SMILES string of the molecule is O=C(O)c1cnc(Sc2cccc(Cl)c2)cn1. The Morgan fingerprint density at radius 1 is 1.29 bits per heavy atom. The molecule has 0 bridgehead atoms. The summed E-state index contributed by atoms with van der Waals surface area (Å²) in [5.74, 6) is -1.09. The number of aromatic carboxylic acids is 1. The van der Waals surface area contributed by atoms with Gasteiger partial charge in [-0.05, 0) is 18.2 Å². The lowest BCUT2D eigenvalue weighted by Gasteiger charge is -2.01. The van der Waals surface area contributed by atoms with E-state index in [1.165, 1.54) is 24.2 Å². The third-order valence-corrected chi connectivity index (χ3v) is 3.01. The van der Waals surface area contributed by atoms with E-state index >= 15 is 0 Å². The third kappa shape index (κ3) is 3.18. The first-order chi connectivity index (χ1) is 8.15. The number of nitrogens with zero attached hydrogens (tertiary/aromatic N) is 2. The fourth-order valence-corrected chi connectivity index (χ4v) is 2.17.